The van der Waals surface area contributed by atoms with E-state index >= 15 is 0 Å². The zero-order valence-corrected chi connectivity index (χ0v) is 32.3. The summed E-state index contributed by atoms with van der Waals surface area (Å²) < 4.78 is 11.9. The highest BCUT2D eigenvalue weighted by Gasteiger charge is 2.12. The first-order valence-corrected chi connectivity index (χ1v) is 19.5. The number of carbonyl (C=O) groups is 1. The Hall–Kier alpha value is -6.23. The highest BCUT2D eigenvalue weighted by molar-refractivity contribution is 6.08. The number of allylic oxidation sites excluding steroid dienone is 1. The van der Waals surface area contributed by atoms with Crippen molar-refractivity contribution in [2.24, 2.45) is 0 Å². The third-order valence-electron chi connectivity index (χ3n) is 9.26. The second-order valence-corrected chi connectivity index (χ2v) is 13.8. The van der Waals surface area contributed by atoms with Gasteiger partial charge in [-0.3, -0.25) is 34.5 Å². The van der Waals surface area contributed by atoms with Gasteiger partial charge in [-0.05, 0) is 123 Å². The van der Waals surface area contributed by atoms with E-state index in [1.165, 1.54) is 12.1 Å². The van der Waals surface area contributed by atoms with E-state index in [1.807, 2.05) is 110 Å². The summed E-state index contributed by atoms with van der Waals surface area (Å²) in [5.74, 6) is 0.894. The number of rotatable bonds is 23. The summed E-state index contributed by atoms with van der Waals surface area (Å²) in [7, 11) is 0. The minimum absolute atomic E-state index is 0.112. The summed E-state index contributed by atoms with van der Waals surface area (Å²) in [6.45, 7) is 5.85. The van der Waals surface area contributed by atoms with E-state index in [0.717, 1.165) is 99.0 Å². The van der Waals surface area contributed by atoms with E-state index in [1.54, 1.807) is 18.2 Å². The number of phenolic OH excluding ortho intramolecular Hbond substituents is 1. The number of hydrogen-bond acceptors (Lipinski definition) is 10. The lowest BCUT2D eigenvalue weighted by atomic mass is 10.1. The minimum Gasteiger partial charge on any atom is -0.507 e. The molecule has 6 aromatic rings. The van der Waals surface area contributed by atoms with Crippen LogP contribution < -0.4 is 9.47 Å². The molecule has 0 radical (unpaired) electrons. The Bertz CT molecular complexity index is 2000. The molecular weight excluding hydrogens is 713 g/mol. The van der Waals surface area contributed by atoms with Crippen LogP contribution in [0.25, 0.3) is 6.08 Å². The highest BCUT2D eigenvalue weighted by atomic mass is 16.5. The lowest BCUT2D eigenvalue weighted by molar-refractivity contribution is 0.104. The van der Waals surface area contributed by atoms with Crippen molar-refractivity contribution in [3.63, 3.8) is 0 Å². The second kappa shape index (κ2) is 22.4. The van der Waals surface area contributed by atoms with E-state index in [-0.39, 0.29) is 17.1 Å². The monoisotopic (exact) mass is 762 g/mol. The molecule has 0 aliphatic carbocycles. The molecule has 0 amide bonds. The van der Waals surface area contributed by atoms with Gasteiger partial charge >= 0.3 is 0 Å². The molecule has 57 heavy (non-hydrogen) atoms. The van der Waals surface area contributed by atoms with Gasteiger partial charge in [-0.25, -0.2) is 0 Å². The van der Waals surface area contributed by atoms with Crippen LogP contribution in [0.1, 0.15) is 64.4 Å². The van der Waals surface area contributed by atoms with Crippen LogP contribution in [0.5, 0.6) is 17.2 Å². The third-order valence-corrected chi connectivity index (χ3v) is 9.26. The average Bonchev–Trinajstić information content (AvgIpc) is 3.24. The van der Waals surface area contributed by atoms with Crippen LogP contribution in [0.4, 0.5) is 0 Å². The number of hydrogen-bond donors (Lipinski definition) is 1. The highest BCUT2D eigenvalue weighted by Crippen LogP contribution is 2.25. The maximum atomic E-state index is 13.0. The molecular formula is C47H50N6O4. The van der Waals surface area contributed by atoms with E-state index < -0.39 is 0 Å². The van der Waals surface area contributed by atoms with Gasteiger partial charge in [-0.15, -0.1) is 0 Å². The number of unbranched alkanes of at least 4 members (excludes halogenated alkanes) is 2. The molecule has 10 heteroatoms. The molecule has 0 bridgehead atoms. The van der Waals surface area contributed by atoms with Crippen LogP contribution in [0.15, 0.2) is 146 Å². The molecule has 0 atom stereocenters. The van der Waals surface area contributed by atoms with Gasteiger partial charge in [0.05, 0.1) is 41.6 Å². The number of aromatic hydroxyl groups is 1. The SMILES string of the molecule is O=C(/C=C/c1ccc(OCCCCN(Cc2ccccn2)Cc2ccccn2)cc1)c1ccc(OCCCCN(Cc2ccccn2)Cc2ccccn2)cc1O. The van der Waals surface area contributed by atoms with Gasteiger partial charge in [0.15, 0.2) is 5.78 Å². The number of ketones is 1. The Morgan fingerprint density at radius 2 is 0.982 bits per heavy atom. The molecule has 10 nitrogen and oxygen atoms in total. The van der Waals surface area contributed by atoms with Crippen molar-refractivity contribution in [1.29, 1.82) is 0 Å². The number of phenols is 1. The predicted octanol–water partition coefficient (Wildman–Crippen LogP) is 8.59. The number of aromatic nitrogens is 4. The van der Waals surface area contributed by atoms with Crippen LogP contribution in [0.3, 0.4) is 0 Å². The summed E-state index contributed by atoms with van der Waals surface area (Å²) in [5, 5.41) is 10.7. The fourth-order valence-electron chi connectivity index (χ4n) is 6.31. The fraction of sp³-hybridized carbons (Fsp3) is 0.255. The summed E-state index contributed by atoms with van der Waals surface area (Å²) >= 11 is 0. The van der Waals surface area contributed by atoms with Gasteiger partial charge in [0.25, 0.3) is 0 Å². The van der Waals surface area contributed by atoms with Gasteiger partial charge in [0, 0.05) is 57.0 Å². The first-order chi connectivity index (χ1) is 28.1. The smallest absolute Gasteiger partial charge is 0.189 e. The van der Waals surface area contributed by atoms with Crippen LogP contribution >= 0.6 is 0 Å². The predicted molar refractivity (Wildman–Crippen MR) is 223 cm³/mol. The Labute approximate surface area is 335 Å². The number of pyridine rings is 4. The molecule has 6 rings (SSSR count). The summed E-state index contributed by atoms with van der Waals surface area (Å²) in [5.41, 5.74) is 5.19. The van der Waals surface area contributed by atoms with Gasteiger partial charge in [-0.1, -0.05) is 42.5 Å². The van der Waals surface area contributed by atoms with E-state index in [4.69, 9.17) is 9.47 Å². The average molecular weight is 763 g/mol. The van der Waals surface area contributed by atoms with Crippen LogP contribution in [-0.4, -0.2) is 66.9 Å². The van der Waals surface area contributed by atoms with Gasteiger partial charge < -0.3 is 14.6 Å². The Kier molecular flexibility index (Phi) is 15.9. The molecule has 0 spiro atoms. The van der Waals surface area contributed by atoms with E-state index in [0.29, 0.717) is 19.0 Å². The first-order valence-electron chi connectivity index (χ1n) is 19.5. The minimum atomic E-state index is -0.291. The number of benzene rings is 2. The lowest BCUT2D eigenvalue weighted by Crippen LogP contribution is -2.25. The molecule has 1 N–H and O–H groups in total. The summed E-state index contributed by atoms with van der Waals surface area (Å²) in [4.78, 5) is 35.6. The van der Waals surface area contributed by atoms with E-state index in [9.17, 15) is 9.90 Å². The molecule has 0 aliphatic heterocycles. The van der Waals surface area contributed by atoms with Gasteiger partial charge in [0.1, 0.15) is 17.2 Å². The maximum absolute atomic E-state index is 13.0. The van der Waals surface area contributed by atoms with Crippen molar-refractivity contribution in [3.8, 4) is 17.2 Å². The third kappa shape index (κ3) is 14.1. The second-order valence-electron chi connectivity index (χ2n) is 13.8. The van der Waals surface area contributed by atoms with Crippen molar-refractivity contribution in [2.45, 2.75) is 51.9 Å². The van der Waals surface area contributed by atoms with Crippen molar-refractivity contribution >= 4 is 11.9 Å². The lowest BCUT2D eigenvalue weighted by Gasteiger charge is -2.21. The van der Waals surface area contributed by atoms with Gasteiger partial charge in [0.2, 0.25) is 0 Å². The summed E-state index contributed by atoms with van der Waals surface area (Å²) in [6.07, 6.45) is 14.1. The summed E-state index contributed by atoms with van der Waals surface area (Å²) in [6, 6.07) is 36.4. The Morgan fingerprint density at radius 1 is 0.544 bits per heavy atom. The molecule has 0 saturated carbocycles. The van der Waals surface area contributed by atoms with Crippen molar-refractivity contribution in [2.75, 3.05) is 26.3 Å². The zero-order chi connectivity index (χ0) is 39.3. The number of carbonyl (C=O) groups excluding carboxylic acids is 1. The first kappa shape index (κ1) is 40.4. The van der Waals surface area contributed by atoms with Gasteiger partial charge in [-0.2, -0.15) is 0 Å². The van der Waals surface area contributed by atoms with Crippen molar-refractivity contribution in [1.82, 2.24) is 29.7 Å². The topological polar surface area (TPSA) is 114 Å². The maximum Gasteiger partial charge on any atom is 0.189 e. The van der Waals surface area contributed by atoms with Crippen LogP contribution in [0, 0.1) is 0 Å². The number of ether oxygens (including phenoxy) is 2. The molecule has 0 unspecified atom stereocenters. The molecule has 4 aromatic heterocycles. The Balaban J connectivity index is 0.897. The molecule has 2 aromatic carbocycles. The zero-order valence-electron chi connectivity index (χ0n) is 32.3. The van der Waals surface area contributed by atoms with Crippen molar-refractivity contribution in [3.05, 3.63) is 180 Å². The van der Waals surface area contributed by atoms with E-state index in [2.05, 4.69) is 41.9 Å². The molecule has 0 aliphatic rings. The fourth-order valence-corrected chi connectivity index (χ4v) is 6.31. The Morgan fingerprint density at radius 3 is 1.40 bits per heavy atom. The quantitative estimate of drug-likeness (QED) is 0.0387. The van der Waals surface area contributed by atoms with Crippen LogP contribution in [0.2, 0.25) is 0 Å². The standard InChI is InChI=1S/C47H50N6O4/c54-46(45-23-22-44(33-47(45)55)57-32-12-10-30-53(36-41-15-3-7-27-50-41)37-42-16-4-8-28-51-42)24-19-38-17-20-43(21-18-38)56-31-11-9-29-52(34-39-13-1-5-25-48-39)35-40-14-2-6-26-49-40/h1-8,13-28,33,55H,9-12,29-32,34-37H2/b24-19+. The van der Waals surface area contributed by atoms with Crippen molar-refractivity contribution < 1.29 is 19.4 Å². The normalized spacial score (nSPS) is 11.3. The molecule has 0 saturated heterocycles. The van der Waals surface area contributed by atoms with Crippen LogP contribution in [-0.2, 0) is 26.2 Å². The molecule has 0 fully saturated rings. The molecule has 4 heterocycles. The largest absolute Gasteiger partial charge is 0.507 e. The molecule has 292 valence electrons. The number of nitrogens with zero attached hydrogens (tertiary/aromatic N) is 6.